The van der Waals surface area contributed by atoms with Gasteiger partial charge in [-0.05, 0) is 18.1 Å². The zero-order valence-electron chi connectivity index (χ0n) is 11.1. The first kappa shape index (κ1) is 15.9. The van der Waals surface area contributed by atoms with Crippen molar-refractivity contribution in [3.8, 4) is 0 Å². The molecule has 20 heavy (non-hydrogen) atoms. The van der Waals surface area contributed by atoms with Crippen LogP contribution in [0, 0.1) is 17.6 Å². The smallest absolute Gasteiger partial charge is 0.319 e. The topological polar surface area (TPSA) is 78.4 Å². The standard InChI is InChI=1S/C13H16F2N2O3/c1-7(2)10(6-11(18)19)17-13(20)16-9-5-3-4-8(14)12(9)15/h3-5,7,10H,6H2,1-2H3,(H,18,19)(H2,16,17,20). The zero-order chi connectivity index (χ0) is 15.3. The summed E-state index contributed by atoms with van der Waals surface area (Å²) in [7, 11) is 0. The van der Waals surface area contributed by atoms with Crippen molar-refractivity contribution < 1.29 is 23.5 Å². The number of hydrogen-bond donors (Lipinski definition) is 3. The van der Waals surface area contributed by atoms with Gasteiger partial charge in [0, 0.05) is 6.04 Å². The van der Waals surface area contributed by atoms with Crippen LogP contribution in [-0.2, 0) is 4.79 Å². The number of halogens is 2. The summed E-state index contributed by atoms with van der Waals surface area (Å²) in [5, 5.41) is 13.3. The van der Waals surface area contributed by atoms with Gasteiger partial charge in [0.25, 0.3) is 0 Å². The van der Waals surface area contributed by atoms with E-state index in [1.54, 1.807) is 13.8 Å². The Kier molecular flexibility index (Phi) is 5.42. The summed E-state index contributed by atoms with van der Waals surface area (Å²) < 4.78 is 26.3. The van der Waals surface area contributed by atoms with E-state index in [0.717, 1.165) is 6.07 Å². The first-order valence-corrected chi connectivity index (χ1v) is 6.04. The van der Waals surface area contributed by atoms with Crippen molar-refractivity contribution in [1.82, 2.24) is 5.32 Å². The summed E-state index contributed by atoms with van der Waals surface area (Å²) in [6.07, 6.45) is -0.253. The van der Waals surface area contributed by atoms with Gasteiger partial charge in [0.1, 0.15) is 0 Å². The molecule has 0 heterocycles. The van der Waals surface area contributed by atoms with Crippen LogP contribution in [0.4, 0.5) is 19.3 Å². The first-order chi connectivity index (χ1) is 9.31. The molecule has 0 aromatic heterocycles. The second kappa shape index (κ2) is 6.83. The average Bonchev–Trinajstić information content (AvgIpc) is 2.33. The molecule has 0 bridgehead atoms. The highest BCUT2D eigenvalue weighted by atomic mass is 19.2. The number of benzene rings is 1. The second-order valence-electron chi connectivity index (χ2n) is 4.65. The highest BCUT2D eigenvalue weighted by molar-refractivity contribution is 5.89. The third-order valence-electron chi connectivity index (χ3n) is 2.72. The van der Waals surface area contributed by atoms with Crippen molar-refractivity contribution in [3.63, 3.8) is 0 Å². The lowest BCUT2D eigenvalue weighted by molar-refractivity contribution is -0.137. The number of rotatable bonds is 5. The summed E-state index contributed by atoms with van der Waals surface area (Å²) >= 11 is 0. The van der Waals surface area contributed by atoms with Crippen LogP contribution in [0.3, 0.4) is 0 Å². The number of carbonyl (C=O) groups excluding carboxylic acids is 1. The average molecular weight is 286 g/mol. The number of carboxylic acids is 1. The van der Waals surface area contributed by atoms with Crippen LogP contribution in [0.15, 0.2) is 18.2 Å². The molecular formula is C13H16F2N2O3. The third kappa shape index (κ3) is 4.49. The van der Waals surface area contributed by atoms with Gasteiger partial charge in [-0.2, -0.15) is 0 Å². The van der Waals surface area contributed by atoms with Crippen LogP contribution in [0.5, 0.6) is 0 Å². The van der Waals surface area contributed by atoms with Crippen molar-refractivity contribution in [2.75, 3.05) is 5.32 Å². The van der Waals surface area contributed by atoms with Crippen molar-refractivity contribution in [2.45, 2.75) is 26.3 Å². The van der Waals surface area contributed by atoms with Crippen LogP contribution < -0.4 is 10.6 Å². The molecule has 0 saturated heterocycles. The van der Waals surface area contributed by atoms with Gasteiger partial charge in [-0.1, -0.05) is 19.9 Å². The van der Waals surface area contributed by atoms with E-state index in [1.807, 2.05) is 0 Å². The maximum atomic E-state index is 13.4. The fourth-order valence-electron chi connectivity index (χ4n) is 1.57. The molecule has 1 unspecified atom stereocenters. The Hall–Kier alpha value is -2.18. The van der Waals surface area contributed by atoms with Crippen LogP contribution in [0.25, 0.3) is 0 Å². The van der Waals surface area contributed by atoms with E-state index in [9.17, 15) is 18.4 Å². The number of nitrogens with one attached hydrogen (secondary N) is 2. The normalized spacial score (nSPS) is 12.1. The van der Waals surface area contributed by atoms with Gasteiger partial charge < -0.3 is 15.7 Å². The monoisotopic (exact) mass is 286 g/mol. The molecule has 0 radical (unpaired) electrons. The molecule has 0 aliphatic heterocycles. The van der Waals surface area contributed by atoms with Gasteiger partial charge in [0.05, 0.1) is 12.1 Å². The quantitative estimate of drug-likeness (QED) is 0.778. The van der Waals surface area contributed by atoms with Crippen LogP contribution in [0.2, 0.25) is 0 Å². The van der Waals surface area contributed by atoms with Crippen LogP contribution >= 0.6 is 0 Å². The predicted molar refractivity (Wildman–Crippen MR) is 69.4 cm³/mol. The summed E-state index contributed by atoms with van der Waals surface area (Å²) in [6.45, 7) is 3.49. The minimum atomic E-state index is -1.16. The van der Waals surface area contributed by atoms with E-state index in [0.29, 0.717) is 0 Å². The predicted octanol–water partition coefficient (Wildman–Crippen LogP) is 2.59. The lowest BCUT2D eigenvalue weighted by atomic mass is 10.0. The molecular weight excluding hydrogens is 270 g/mol. The number of anilines is 1. The highest BCUT2D eigenvalue weighted by Gasteiger charge is 2.20. The number of hydrogen-bond acceptors (Lipinski definition) is 2. The maximum absolute atomic E-state index is 13.4. The molecule has 1 rings (SSSR count). The molecule has 0 saturated carbocycles. The van der Waals surface area contributed by atoms with Crippen LogP contribution in [0.1, 0.15) is 20.3 Å². The number of aliphatic carboxylic acids is 1. The number of carbonyl (C=O) groups is 2. The molecule has 3 N–H and O–H groups in total. The zero-order valence-corrected chi connectivity index (χ0v) is 11.1. The minimum absolute atomic E-state index is 0.116. The van der Waals surface area contributed by atoms with Gasteiger partial charge in [-0.25, -0.2) is 13.6 Å². The Morgan fingerprint density at radius 3 is 2.50 bits per heavy atom. The molecule has 1 aromatic carbocycles. The molecule has 0 fully saturated rings. The molecule has 0 spiro atoms. The van der Waals surface area contributed by atoms with E-state index in [4.69, 9.17) is 5.11 Å². The Morgan fingerprint density at radius 1 is 1.30 bits per heavy atom. The molecule has 110 valence electrons. The molecule has 1 aromatic rings. The van der Waals surface area contributed by atoms with E-state index in [1.165, 1.54) is 12.1 Å². The summed E-state index contributed by atoms with van der Waals surface area (Å²) in [5.41, 5.74) is -0.305. The minimum Gasteiger partial charge on any atom is -0.481 e. The van der Waals surface area contributed by atoms with Crippen molar-refractivity contribution in [2.24, 2.45) is 5.92 Å². The van der Waals surface area contributed by atoms with Gasteiger partial charge in [-0.3, -0.25) is 4.79 Å². The van der Waals surface area contributed by atoms with Gasteiger partial charge in [0.2, 0.25) is 0 Å². The van der Waals surface area contributed by atoms with E-state index >= 15 is 0 Å². The second-order valence-corrected chi connectivity index (χ2v) is 4.65. The maximum Gasteiger partial charge on any atom is 0.319 e. The van der Waals surface area contributed by atoms with Crippen molar-refractivity contribution in [1.29, 1.82) is 0 Å². The van der Waals surface area contributed by atoms with Gasteiger partial charge >= 0.3 is 12.0 Å². The Balaban J connectivity index is 2.70. The molecule has 2 amide bonds. The Bertz CT molecular complexity index is 506. The van der Waals surface area contributed by atoms with Crippen molar-refractivity contribution in [3.05, 3.63) is 29.8 Å². The summed E-state index contributed by atoms with van der Waals surface area (Å²) in [6, 6.07) is 2.00. The van der Waals surface area contributed by atoms with Crippen molar-refractivity contribution >= 4 is 17.7 Å². The lowest BCUT2D eigenvalue weighted by Crippen LogP contribution is -2.42. The molecule has 1 atom stereocenters. The summed E-state index contributed by atoms with van der Waals surface area (Å²) in [5.74, 6) is -3.41. The van der Waals surface area contributed by atoms with E-state index < -0.39 is 29.7 Å². The highest BCUT2D eigenvalue weighted by Crippen LogP contribution is 2.16. The number of carboxylic acid groups (broad SMARTS) is 1. The molecule has 7 heteroatoms. The molecule has 5 nitrogen and oxygen atoms in total. The Morgan fingerprint density at radius 2 is 1.95 bits per heavy atom. The number of urea groups is 1. The molecule has 0 aliphatic rings. The first-order valence-electron chi connectivity index (χ1n) is 6.04. The van der Waals surface area contributed by atoms with Crippen LogP contribution in [-0.4, -0.2) is 23.1 Å². The largest absolute Gasteiger partial charge is 0.481 e. The van der Waals surface area contributed by atoms with Gasteiger partial charge in [0.15, 0.2) is 11.6 Å². The third-order valence-corrected chi connectivity index (χ3v) is 2.72. The summed E-state index contributed by atoms with van der Waals surface area (Å²) in [4.78, 5) is 22.3. The van der Waals surface area contributed by atoms with E-state index in [2.05, 4.69) is 10.6 Å². The lowest BCUT2D eigenvalue weighted by Gasteiger charge is -2.21. The fraction of sp³-hybridized carbons (Fsp3) is 0.385. The number of amides is 2. The molecule has 0 aliphatic carbocycles. The van der Waals surface area contributed by atoms with Gasteiger partial charge in [-0.15, -0.1) is 0 Å². The Labute approximate surface area is 115 Å². The SMILES string of the molecule is CC(C)C(CC(=O)O)NC(=O)Nc1cccc(F)c1F. The van der Waals surface area contributed by atoms with E-state index in [-0.39, 0.29) is 18.0 Å². The fourth-order valence-corrected chi connectivity index (χ4v) is 1.57.